The molecule has 0 radical (unpaired) electrons. The van der Waals surface area contributed by atoms with Crippen molar-refractivity contribution in [2.45, 2.75) is 44.9 Å². The summed E-state index contributed by atoms with van der Waals surface area (Å²) in [4.78, 5) is 4.47. The first kappa shape index (κ1) is 12.6. The zero-order valence-corrected chi connectivity index (χ0v) is 11.2. The highest BCUT2D eigenvalue weighted by Crippen LogP contribution is 2.35. The average Bonchev–Trinajstić information content (AvgIpc) is 3.19. The third-order valence-corrected chi connectivity index (χ3v) is 3.61. The molecule has 1 N–H and O–H groups in total. The molecular weight excluding hydrogens is 236 g/mol. The first-order chi connectivity index (χ1) is 8.24. The lowest BCUT2D eigenvalue weighted by Crippen LogP contribution is -2.18. The van der Waals surface area contributed by atoms with Crippen molar-refractivity contribution >= 4 is 17.5 Å². The summed E-state index contributed by atoms with van der Waals surface area (Å²) in [5, 5.41) is 11.6. The molecule has 5 heteroatoms. The summed E-state index contributed by atoms with van der Waals surface area (Å²) in [7, 11) is 0. The topological polar surface area (TPSA) is 50.7 Å². The summed E-state index contributed by atoms with van der Waals surface area (Å²) in [6.45, 7) is 4.88. The Bertz CT molecular complexity index is 379. The number of nitrogens with zero attached hydrogens (tertiary/aromatic N) is 3. The molecule has 0 aliphatic heterocycles. The Labute approximate surface area is 107 Å². The van der Waals surface area contributed by atoms with Crippen LogP contribution in [0, 0.1) is 5.92 Å². The van der Waals surface area contributed by atoms with Crippen LogP contribution in [0.4, 0.5) is 5.95 Å². The largest absolute Gasteiger partial charge is 0.351 e. The number of anilines is 1. The Kier molecular flexibility index (Phi) is 4.15. The molecule has 0 bridgehead atoms. The standard InChI is InChI=1S/C12H19ClN4/c1-3-10-11(4-2)16-17-12(15-10)14-7-9(13)8-5-6-8/h8-9H,3-7H2,1-2H3,(H,14,15,17). The number of hydrogen-bond acceptors (Lipinski definition) is 4. The van der Waals surface area contributed by atoms with Crippen LogP contribution in [0.1, 0.15) is 38.1 Å². The number of aryl methyl sites for hydroxylation is 2. The van der Waals surface area contributed by atoms with Crippen LogP contribution in [0.25, 0.3) is 0 Å². The predicted octanol–water partition coefficient (Wildman–Crippen LogP) is 2.43. The minimum atomic E-state index is 0.189. The number of alkyl halides is 1. The highest BCUT2D eigenvalue weighted by molar-refractivity contribution is 6.21. The molecule has 1 aromatic rings. The van der Waals surface area contributed by atoms with Gasteiger partial charge in [-0.05, 0) is 31.6 Å². The molecule has 1 heterocycles. The normalized spacial score (nSPS) is 16.9. The van der Waals surface area contributed by atoms with Gasteiger partial charge in [0, 0.05) is 6.54 Å². The van der Waals surface area contributed by atoms with Crippen molar-refractivity contribution in [2.75, 3.05) is 11.9 Å². The van der Waals surface area contributed by atoms with Gasteiger partial charge in [0.25, 0.3) is 0 Å². The van der Waals surface area contributed by atoms with Crippen LogP contribution in [-0.2, 0) is 12.8 Å². The van der Waals surface area contributed by atoms with Gasteiger partial charge in [-0.3, -0.25) is 0 Å². The van der Waals surface area contributed by atoms with E-state index in [0.717, 1.165) is 30.8 Å². The average molecular weight is 255 g/mol. The van der Waals surface area contributed by atoms with Crippen molar-refractivity contribution in [3.8, 4) is 0 Å². The lowest BCUT2D eigenvalue weighted by atomic mass is 10.2. The smallest absolute Gasteiger partial charge is 0.243 e. The quantitative estimate of drug-likeness (QED) is 0.793. The molecule has 0 aromatic carbocycles. The van der Waals surface area contributed by atoms with Crippen LogP contribution in [0.15, 0.2) is 0 Å². The first-order valence-electron chi connectivity index (χ1n) is 6.35. The van der Waals surface area contributed by atoms with Gasteiger partial charge in [0.1, 0.15) is 0 Å². The van der Waals surface area contributed by atoms with E-state index in [9.17, 15) is 0 Å². The van der Waals surface area contributed by atoms with Gasteiger partial charge in [-0.25, -0.2) is 4.98 Å². The molecule has 0 saturated heterocycles. The van der Waals surface area contributed by atoms with Crippen LogP contribution in [0.2, 0.25) is 0 Å². The van der Waals surface area contributed by atoms with E-state index in [-0.39, 0.29) is 5.38 Å². The maximum absolute atomic E-state index is 6.22. The second-order valence-electron chi connectivity index (χ2n) is 4.47. The monoisotopic (exact) mass is 254 g/mol. The maximum atomic E-state index is 6.22. The van der Waals surface area contributed by atoms with E-state index in [2.05, 4.69) is 34.3 Å². The molecule has 94 valence electrons. The van der Waals surface area contributed by atoms with Crippen molar-refractivity contribution in [1.29, 1.82) is 0 Å². The van der Waals surface area contributed by atoms with Gasteiger partial charge in [-0.2, -0.15) is 5.10 Å². The second kappa shape index (κ2) is 5.63. The molecule has 0 amide bonds. The Morgan fingerprint density at radius 2 is 1.94 bits per heavy atom. The van der Waals surface area contributed by atoms with Crippen LogP contribution in [0.3, 0.4) is 0 Å². The SMILES string of the molecule is CCc1nnc(NCC(Cl)C2CC2)nc1CC. The molecule has 0 spiro atoms. The van der Waals surface area contributed by atoms with Crippen LogP contribution in [0.5, 0.6) is 0 Å². The van der Waals surface area contributed by atoms with Gasteiger partial charge in [-0.15, -0.1) is 16.7 Å². The fourth-order valence-corrected chi connectivity index (χ4v) is 2.16. The number of halogens is 1. The fraction of sp³-hybridized carbons (Fsp3) is 0.750. The Hall–Kier alpha value is -0.900. The summed E-state index contributed by atoms with van der Waals surface area (Å²) in [5.41, 5.74) is 2.02. The summed E-state index contributed by atoms with van der Waals surface area (Å²) in [6, 6.07) is 0. The van der Waals surface area contributed by atoms with E-state index >= 15 is 0 Å². The van der Waals surface area contributed by atoms with E-state index in [1.165, 1.54) is 12.8 Å². The minimum Gasteiger partial charge on any atom is -0.351 e. The van der Waals surface area contributed by atoms with Gasteiger partial charge in [0.2, 0.25) is 5.95 Å². The molecular formula is C12H19ClN4. The molecule has 17 heavy (non-hydrogen) atoms. The lowest BCUT2D eigenvalue weighted by molar-refractivity contribution is 0.754. The zero-order valence-electron chi connectivity index (χ0n) is 10.4. The van der Waals surface area contributed by atoms with Crippen molar-refractivity contribution in [2.24, 2.45) is 5.92 Å². The highest BCUT2D eigenvalue weighted by atomic mass is 35.5. The zero-order chi connectivity index (χ0) is 12.3. The summed E-state index contributed by atoms with van der Waals surface area (Å²) in [6.07, 6.45) is 4.28. The molecule has 1 atom stereocenters. The fourth-order valence-electron chi connectivity index (χ4n) is 1.83. The number of nitrogens with one attached hydrogen (secondary N) is 1. The van der Waals surface area contributed by atoms with Gasteiger partial charge in [0.15, 0.2) is 0 Å². The minimum absolute atomic E-state index is 0.189. The molecule has 1 aromatic heterocycles. The Morgan fingerprint density at radius 1 is 1.24 bits per heavy atom. The van der Waals surface area contributed by atoms with E-state index in [0.29, 0.717) is 11.9 Å². The highest BCUT2D eigenvalue weighted by Gasteiger charge is 2.29. The summed E-state index contributed by atoms with van der Waals surface area (Å²) in [5.74, 6) is 1.28. The van der Waals surface area contributed by atoms with Gasteiger partial charge in [0.05, 0.1) is 16.8 Å². The van der Waals surface area contributed by atoms with Gasteiger partial charge in [-0.1, -0.05) is 13.8 Å². The van der Waals surface area contributed by atoms with Crippen LogP contribution < -0.4 is 5.32 Å². The third-order valence-electron chi connectivity index (χ3n) is 3.10. The van der Waals surface area contributed by atoms with E-state index in [4.69, 9.17) is 11.6 Å². The van der Waals surface area contributed by atoms with Crippen LogP contribution in [-0.4, -0.2) is 27.1 Å². The predicted molar refractivity (Wildman–Crippen MR) is 69.4 cm³/mol. The Balaban J connectivity index is 1.95. The molecule has 4 nitrogen and oxygen atoms in total. The summed E-state index contributed by atoms with van der Waals surface area (Å²) >= 11 is 6.22. The molecule has 1 aliphatic rings. The molecule has 2 rings (SSSR count). The molecule has 1 saturated carbocycles. The van der Waals surface area contributed by atoms with Gasteiger partial charge >= 0.3 is 0 Å². The second-order valence-corrected chi connectivity index (χ2v) is 5.03. The summed E-state index contributed by atoms with van der Waals surface area (Å²) < 4.78 is 0. The van der Waals surface area contributed by atoms with Crippen molar-refractivity contribution in [3.63, 3.8) is 0 Å². The Morgan fingerprint density at radius 3 is 2.53 bits per heavy atom. The molecule has 1 fully saturated rings. The third kappa shape index (κ3) is 3.28. The van der Waals surface area contributed by atoms with E-state index < -0.39 is 0 Å². The molecule has 1 aliphatic carbocycles. The maximum Gasteiger partial charge on any atom is 0.243 e. The van der Waals surface area contributed by atoms with Crippen molar-refractivity contribution in [1.82, 2.24) is 15.2 Å². The number of aromatic nitrogens is 3. The van der Waals surface area contributed by atoms with Crippen molar-refractivity contribution in [3.05, 3.63) is 11.4 Å². The lowest BCUT2D eigenvalue weighted by Gasteiger charge is -2.10. The first-order valence-corrected chi connectivity index (χ1v) is 6.78. The van der Waals surface area contributed by atoms with Gasteiger partial charge < -0.3 is 5.32 Å². The van der Waals surface area contributed by atoms with E-state index in [1.807, 2.05) is 0 Å². The number of rotatable bonds is 6. The van der Waals surface area contributed by atoms with Crippen molar-refractivity contribution < 1.29 is 0 Å². The van der Waals surface area contributed by atoms with E-state index in [1.54, 1.807) is 0 Å². The van der Waals surface area contributed by atoms with Crippen LogP contribution >= 0.6 is 11.6 Å². The number of hydrogen-bond donors (Lipinski definition) is 1. The molecule has 1 unspecified atom stereocenters.